The molecule has 3 heterocycles. The second kappa shape index (κ2) is 8.85. The number of aryl methyl sites for hydroxylation is 1. The average molecular weight is 445 g/mol. The molecule has 2 aromatic heterocycles. The molecule has 1 aliphatic heterocycles. The van der Waals surface area contributed by atoms with E-state index in [9.17, 15) is 18.4 Å². The molecular weight excluding hydrogens is 426 g/mol. The molecule has 1 saturated heterocycles. The molecule has 0 spiro atoms. The van der Waals surface area contributed by atoms with Gasteiger partial charge in [-0.3, -0.25) is 9.59 Å². The topological polar surface area (TPSA) is 86.9 Å². The molecule has 0 radical (unpaired) electrons. The van der Waals surface area contributed by atoms with Crippen LogP contribution in [0, 0.1) is 11.8 Å². The number of pyridine rings is 1. The fraction of sp³-hybridized carbons (Fsp3) is 0.227. The number of aromatic nitrogens is 2. The highest BCUT2D eigenvalue weighted by Gasteiger charge is 2.25. The summed E-state index contributed by atoms with van der Waals surface area (Å²) in [6.07, 6.45) is 1.03. The molecule has 1 aliphatic rings. The minimum atomic E-state index is -0.726. The Morgan fingerprint density at radius 2 is 1.97 bits per heavy atom. The maximum Gasteiger partial charge on any atom is 0.242 e. The average Bonchev–Trinajstić information content (AvgIpc) is 3.33. The SMILES string of the molecule is O=C(CCc1cc(-c2ccc(Cl)nc2F)[nH]c1-c1ccc(F)cc1)NC1CCNC1=O. The van der Waals surface area contributed by atoms with Crippen molar-refractivity contribution in [1.82, 2.24) is 20.6 Å². The van der Waals surface area contributed by atoms with Gasteiger partial charge in [-0.25, -0.2) is 9.37 Å². The van der Waals surface area contributed by atoms with Crippen LogP contribution in [0.15, 0.2) is 42.5 Å². The molecule has 1 atom stereocenters. The van der Waals surface area contributed by atoms with Gasteiger partial charge in [0, 0.05) is 18.7 Å². The van der Waals surface area contributed by atoms with Gasteiger partial charge in [0.2, 0.25) is 17.8 Å². The molecule has 0 aliphatic carbocycles. The summed E-state index contributed by atoms with van der Waals surface area (Å²) in [6, 6.07) is 10.1. The molecule has 4 rings (SSSR count). The Bertz CT molecular complexity index is 1130. The third-order valence-electron chi connectivity index (χ3n) is 5.14. The van der Waals surface area contributed by atoms with Gasteiger partial charge >= 0.3 is 0 Å². The van der Waals surface area contributed by atoms with Gasteiger partial charge < -0.3 is 15.6 Å². The van der Waals surface area contributed by atoms with Gasteiger partial charge in [-0.1, -0.05) is 11.6 Å². The maximum atomic E-state index is 14.3. The summed E-state index contributed by atoms with van der Waals surface area (Å²) in [5, 5.41) is 5.44. The molecule has 0 saturated carbocycles. The van der Waals surface area contributed by atoms with Crippen LogP contribution in [0.5, 0.6) is 0 Å². The van der Waals surface area contributed by atoms with E-state index in [-0.39, 0.29) is 34.8 Å². The van der Waals surface area contributed by atoms with Crippen LogP contribution in [0.3, 0.4) is 0 Å². The third-order valence-corrected chi connectivity index (χ3v) is 5.35. The molecule has 2 amide bonds. The highest BCUT2D eigenvalue weighted by molar-refractivity contribution is 6.29. The van der Waals surface area contributed by atoms with Crippen molar-refractivity contribution in [2.24, 2.45) is 0 Å². The van der Waals surface area contributed by atoms with E-state index in [2.05, 4.69) is 20.6 Å². The molecule has 0 bridgehead atoms. The summed E-state index contributed by atoms with van der Waals surface area (Å²) in [4.78, 5) is 30.8. The lowest BCUT2D eigenvalue weighted by Gasteiger charge is -2.10. The number of benzene rings is 1. The molecule has 160 valence electrons. The summed E-state index contributed by atoms with van der Waals surface area (Å²) in [5.74, 6) is -1.54. The van der Waals surface area contributed by atoms with E-state index in [1.54, 1.807) is 18.2 Å². The molecule has 1 fully saturated rings. The van der Waals surface area contributed by atoms with Crippen LogP contribution in [0.2, 0.25) is 5.15 Å². The first-order valence-electron chi connectivity index (χ1n) is 9.78. The van der Waals surface area contributed by atoms with E-state index in [1.807, 2.05) is 0 Å². The van der Waals surface area contributed by atoms with Gasteiger partial charge in [0.05, 0.1) is 11.3 Å². The molecule has 3 aromatic rings. The number of nitrogens with one attached hydrogen (secondary N) is 3. The van der Waals surface area contributed by atoms with E-state index < -0.39 is 12.0 Å². The van der Waals surface area contributed by atoms with Crippen LogP contribution in [0.25, 0.3) is 22.5 Å². The van der Waals surface area contributed by atoms with Crippen LogP contribution in [0.4, 0.5) is 8.78 Å². The molecule has 1 unspecified atom stereocenters. The normalized spacial score (nSPS) is 15.7. The van der Waals surface area contributed by atoms with Crippen LogP contribution in [-0.4, -0.2) is 34.4 Å². The number of hydrogen-bond acceptors (Lipinski definition) is 3. The van der Waals surface area contributed by atoms with Crippen LogP contribution in [0.1, 0.15) is 18.4 Å². The first kappa shape index (κ1) is 21.0. The number of amides is 2. The van der Waals surface area contributed by atoms with Crippen molar-refractivity contribution in [2.45, 2.75) is 25.3 Å². The Hall–Kier alpha value is -3.26. The van der Waals surface area contributed by atoms with Crippen molar-refractivity contribution in [3.63, 3.8) is 0 Å². The van der Waals surface area contributed by atoms with Gasteiger partial charge in [0.15, 0.2) is 0 Å². The molecular formula is C22H19ClF2N4O2. The van der Waals surface area contributed by atoms with Gasteiger partial charge in [-0.2, -0.15) is 4.39 Å². The number of aromatic amines is 1. The summed E-state index contributed by atoms with van der Waals surface area (Å²) in [7, 11) is 0. The van der Waals surface area contributed by atoms with Gasteiger partial charge in [-0.05, 0) is 66.4 Å². The lowest BCUT2D eigenvalue weighted by Crippen LogP contribution is -2.40. The van der Waals surface area contributed by atoms with Crippen LogP contribution >= 0.6 is 11.6 Å². The molecule has 3 N–H and O–H groups in total. The van der Waals surface area contributed by atoms with Crippen molar-refractivity contribution >= 4 is 23.4 Å². The van der Waals surface area contributed by atoms with E-state index in [4.69, 9.17) is 11.6 Å². The lowest BCUT2D eigenvalue weighted by molar-refractivity contribution is -0.127. The number of halogens is 3. The summed E-state index contributed by atoms with van der Waals surface area (Å²) in [5.41, 5.74) is 2.79. The Kier molecular flexibility index (Phi) is 5.99. The van der Waals surface area contributed by atoms with Crippen LogP contribution in [-0.2, 0) is 16.0 Å². The molecule has 31 heavy (non-hydrogen) atoms. The van der Waals surface area contributed by atoms with E-state index in [0.29, 0.717) is 36.3 Å². The zero-order valence-corrected chi connectivity index (χ0v) is 17.1. The van der Waals surface area contributed by atoms with Gasteiger partial charge in [-0.15, -0.1) is 0 Å². The Morgan fingerprint density at radius 3 is 2.65 bits per heavy atom. The van der Waals surface area contributed by atoms with Crippen LogP contribution < -0.4 is 10.6 Å². The quantitative estimate of drug-likeness (QED) is 0.507. The molecule has 6 nitrogen and oxygen atoms in total. The zero-order chi connectivity index (χ0) is 22.0. The predicted octanol–water partition coefficient (Wildman–Crippen LogP) is 3.61. The van der Waals surface area contributed by atoms with Crippen molar-refractivity contribution < 1.29 is 18.4 Å². The van der Waals surface area contributed by atoms with Crippen molar-refractivity contribution in [2.75, 3.05) is 6.54 Å². The van der Waals surface area contributed by atoms with Crippen molar-refractivity contribution in [3.8, 4) is 22.5 Å². The Morgan fingerprint density at radius 1 is 1.19 bits per heavy atom. The summed E-state index contributed by atoms with van der Waals surface area (Å²) in [6.45, 7) is 0.542. The number of rotatable bonds is 6. The van der Waals surface area contributed by atoms with Crippen molar-refractivity contribution in [3.05, 3.63) is 64.9 Å². The largest absolute Gasteiger partial charge is 0.354 e. The fourth-order valence-corrected chi connectivity index (χ4v) is 3.71. The first-order valence-corrected chi connectivity index (χ1v) is 10.2. The van der Waals surface area contributed by atoms with E-state index in [0.717, 1.165) is 5.56 Å². The number of H-pyrrole nitrogens is 1. The summed E-state index contributed by atoms with van der Waals surface area (Å²) >= 11 is 5.75. The summed E-state index contributed by atoms with van der Waals surface area (Å²) < 4.78 is 27.7. The fourth-order valence-electron chi connectivity index (χ4n) is 3.57. The zero-order valence-electron chi connectivity index (χ0n) is 16.3. The number of hydrogen-bond donors (Lipinski definition) is 3. The standard InChI is InChI=1S/C22H19ClF2N4O2/c23-18-7-6-15(21(25)29-18)17-11-13(20(28-17)12-1-4-14(24)5-2-12)3-8-19(30)27-16-9-10-26-22(16)31/h1-2,4-7,11,16,28H,3,8-10H2,(H,26,31)(H,27,30). The monoisotopic (exact) mass is 444 g/mol. The third kappa shape index (κ3) is 4.74. The Labute approximate surface area is 182 Å². The maximum absolute atomic E-state index is 14.3. The minimum Gasteiger partial charge on any atom is -0.354 e. The van der Waals surface area contributed by atoms with E-state index >= 15 is 0 Å². The van der Waals surface area contributed by atoms with Gasteiger partial charge in [0.25, 0.3) is 0 Å². The molecule has 1 aromatic carbocycles. The number of carbonyl (C=O) groups excluding carboxylic acids is 2. The second-order valence-electron chi connectivity index (χ2n) is 7.26. The smallest absolute Gasteiger partial charge is 0.242 e. The molecule has 9 heteroatoms. The van der Waals surface area contributed by atoms with E-state index in [1.165, 1.54) is 24.3 Å². The van der Waals surface area contributed by atoms with Gasteiger partial charge in [0.1, 0.15) is 17.0 Å². The Balaban J connectivity index is 1.60. The lowest BCUT2D eigenvalue weighted by atomic mass is 10.0. The second-order valence-corrected chi connectivity index (χ2v) is 7.65. The predicted molar refractivity (Wildman–Crippen MR) is 112 cm³/mol. The number of nitrogens with zero attached hydrogens (tertiary/aromatic N) is 1. The highest BCUT2D eigenvalue weighted by atomic mass is 35.5. The minimum absolute atomic E-state index is 0.0411. The highest BCUT2D eigenvalue weighted by Crippen LogP contribution is 2.31. The first-order chi connectivity index (χ1) is 14.9. The van der Waals surface area contributed by atoms with Crippen molar-refractivity contribution in [1.29, 1.82) is 0 Å². The number of carbonyl (C=O) groups is 2.